The molecule has 0 spiro atoms. The highest BCUT2D eigenvalue weighted by Crippen LogP contribution is 2.19. The van der Waals surface area contributed by atoms with E-state index in [1.807, 2.05) is 0 Å². The van der Waals surface area contributed by atoms with Gasteiger partial charge in [0, 0.05) is 5.39 Å². The standard InChI is InChI=1S/C10H7F2NO/c11-8-3-4-9(12)10-7(8)2-1-6(5-14)13-10/h1-4,14H,5H2. The van der Waals surface area contributed by atoms with Gasteiger partial charge in [-0.25, -0.2) is 13.8 Å². The van der Waals surface area contributed by atoms with Gasteiger partial charge in [0.25, 0.3) is 0 Å². The van der Waals surface area contributed by atoms with Crippen molar-refractivity contribution < 1.29 is 13.9 Å². The predicted molar refractivity (Wildman–Crippen MR) is 47.6 cm³/mol. The number of rotatable bonds is 1. The Kier molecular flexibility index (Phi) is 2.13. The van der Waals surface area contributed by atoms with Gasteiger partial charge in [0.05, 0.1) is 12.3 Å². The van der Waals surface area contributed by atoms with Gasteiger partial charge >= 0.3 is 0 Å². The molecular weight excluding hydrogens is 188 g/mol. The van der Waals surface area contributed by atoms with Crippen LogP contribution in [0.25, 0.3) is 10.9 Å². The molecule has 2 aromatic rings. The molecule has 0 saturated carbocycles. The lowest BCUT2D eigenvalue weighted by Gasteiger charge is -2.01. The van der Waals surface area contributed by atoms with Crippen LogP contribution in [-0.2, 0) is 6.61 Å². The molecule has 1 heterocycles. The van der Waals surface area contributed by atoms with Crippen molar-refractivity contribution in [1.82, 2.24) is 4.98 Å². The van der Waals surface area contributed by atoms with E-state index < -0.39 is 11.6 Å². The van der Waals surface area contributed by atoms with Crippen LogP contribution in [0.5, 0.6) is 0 Å². The highest BCUT2D eigenvalue weighted by atomic mass is 19.1. The summed E-state index contributed by atoms with van der Waals surface area (Å²) in [4.78, 5) is 3.79. The van der Waals surface area contributed by atoms with E-state index in [4.69, 9.17) is 5.11 Å². The van der Waals surface area contributed by atoms with Crippen LogP contribution in [0.4, 0.5) is 8.78 Å². The van der Waals surface area contributed by atoms with Crippen molar-refractivity contribution in [3.05, 3.63) is 41.6 Å². The van der Waals surface area contributed by atoms with E-state index in [1.54, 1.807) is 0 Å². The van der Waals surface area contributed by atoms with Gasteiger partial charge in [-0.3, -0.25) is 0 Å². The molecule has 1 aromatic carbocycles. The second-order valence-electron chi connectivity index (χ2n) is 2.89. The van der Waals surface area contributed by atoms with Crippen LogP contribution in [0.3, 0.4) is 0 Å². The highest BCUT2D eigenvalue weighted by Gasteiger charge is 2.07. The van der Waals surface area contributed by atoms with E-state index in [1.165, 1.54) is 12.1 Å². The smallest absolute Gasteiger partial charge is 0.149 e. The Hall–Kier alpha value is -1.55. The summed E-state index contributed by atoms with van der Waals surface area (Å²) < 4.78 is 26.3. The lowest BCUT2D eigenvalue weighted by Crippen LogP contribution is -1.93. The number of halogens is 2. The summed E-state index contributed by atoms with van der Waals surface area (Å²) in [5, 5.41) is 8.91. The molecule has 72 valence electrons. The van der Waals surface area contributed by atoms with Gasteiger partial charge in [0.15, 0.2) is 0 Å². The zero-order chi connectivity index (χ0) is 10.1. The van der Waals surface area contributed by atoms with E-state index in [-0.39, 0.29) is 17.5 Å². The molecule has 0 aliphatic heterocycles. The van der Waals surface area contributed by atoms with Crippen molar-refractivity contribution in [3.8, 4) is 0 Å². The monoisotopic (exact) mass is 195 g/mol. The molecule has 1 aromatic heterocycles. The maximum absolute atomic E-state index is 13.2. The van der Waals surface area contributed by atoms with Crippen molar-refractivity contribution in [2.45, 2.75) is 6.61 Å². The van der Waals surface area contributed by atoms with Gasteiger partial charge in [0.1, 0.15) is 17.2 Å². The summed E-state index contributed by atoms with van der Waals surface area (Å²) in [7, 11) is 0. The topological polar surface area (TPSA) is 33.1 Å². The summed E-state index contributed by atoms with van der Waals surface area (Å²) >= 11 is 0. The molecule has 4 heteroatoms. The van der Waals surface area contributed by atoms with Crippen molar-refractivity contribution in [1.29, 1.82) is 0 Å². The fourth-order valence-electron chi connectivity index (χ4n) is 1.28. The number of benzene rings is 1. The van der Waals surface area contributed by atoms with Crippen molar-refractivity contribution in [2.75, 3.05) is 0 Å². The van der Waals surface area contributed by atoms with E-state index in [0.29, 0.717) is 5.69 Å². The SMILES string of the molecule is OCc1ccc2c(F)ccc(F)c2n1. The van der Waals surface area contributed by atoms with Crippen LogP contribution in [0.2, 0.25) is 0 Å². The van der Waals surface area contributed by atoms with Gasteiger partial charge in [-0.15, -0.1) is 0 Å². The first-order valence-corrected chi connectivity index (χ1v) is 4.07. The summed E-state index contributed by atoms with van der Waals surface area (Å²) in [6.07, 6.45) is 0. The van der Waals surface area contributed by atoms with Crippen molar-refractivity contribution in [3.63, 3.8) is 0 Å². The molecule has 0 atom stereocenters. The first kappa shape index (κ1) is 9.02. The third kappa shape index (κ3) is 1.33. The fraction of sp³-hybridized carbons (Fsp3) is 0.100. The lowest BCUT2D eigenvalue weighted by molar-refractivity contribution is 0.277. The summed E-state index contributed by atoms with van der Waals surface area (Å²) in [5.74, 6) is -1.10. The molecule has 2 nitrogen and oxygen atoms in total. The number of hydrogen-bond donors (Lipinski definition) is 1. The molecule has 0 unspecified atom stereocenters. The number of hydrogen-bond acceptors (Lipinski definition) is 2. The third-order valence-electron chi connectivity index (χ3n) is 1.97. The van der Waals surface area contributed by atoms with E-state index in [9.17, 15) is 8.78 Å². The predicted octanol–water partition coefficient (Wildman–Crippen LogP) is 2.01. The Morgan fingerprint density at radius 2 is 1.79 bits per heavy atom. The number of pyridine rings is 1. The fourth-order valence-corrected chi connectivity index (χ4v) is 1.28. The average Bonchev–Trinajstić information content (AvgIpc) is 2.23. The molecule has 0 fully saturated rings. The Bertz CT molecular complexity index is 485. The Balaban J connectivity index is 2.80. The van der Waals surface area contributed by atoms with Crippen molar-refractivity contribution >= 4 is 10.9 Å². The second-order valence-corrected chi connectivity index (χ2v) is 2.89. The minimum absolute atomic E-state index is 0.0449. The molecule has 0 amide bonds. The van der Waals surface area contributed by atoms with Gasteiger partial charge in [-0.05, 0) is 24.3 Å². The van der Waals surface area contributed by atoms with Crippen LogP contribution in [-0.4, -0.2) is 10.1 Å². The quantitative estimate of drug-likeness (QED) is 0.755. The molecule has 14 heavy (non-hydrogen) atoms. The number of aromatic nitrogens is 1. The summed E-state index contributed by atoms with van der Waals surface area (Å²) in [5.41, 5.74) is 0.276. The van der Waals surface area contributed by atoms with Crippen LogP contribution in [0.1, 0.15) is 5.69 Å². The number of aliphatic hydroxyl groups excluding tert-OH is 1. The third-order valence-corrected chi connectivity index (χ3v) is 1.97. The van der Waals surface area contributed by atoms with Gasteiger partial charge in [-0.2, -0.15) is 0 Å². The Morgan fingerprint density at radius 3 is 2.50 bits per heavy atom. The minimum Gasteiger partial charge on any atom is -0.390 e. The molecule has 2 rings (SSSR count). The first-order chi connectivity index (χ1) is 6.72. The average molecular weight is 195 g/mol. The summed E-state index contributed by atoms with van der Waals surface area (Å²) in [6, 6.07) is 4.95. The second kappa shape index (κ2) is 3.31. The highest BCUT2D eigenvalue weighted by molar-refractivity contribution is 5.79. The Morgan fingerprint density at radius 1 is 1.07 bits per heavy atom. The summed E-state index contributed by atoms with van der Waals surface area (Å²) in [6.45, 7) is -0.286. The molecule has 0 aliphatic rings. The minimum atomic E-state index is -0.586. The van der Waals surface area contributed by atoms with E-state index >= 15 is 0 Å². The molecule has 1 N–H and O–H groups in total. The number of aliphatic hydroxyl groups is 1. The lowest BCUT2D eigenvalue weighted by atomic mass is 10.2. The van der Waals surface area contributed by atoms with Crippen LogP contribution in [0.15, 0.2) is 24.3 Å². The zero-order valence-electron chi connectivity index (χ0n) is 7.17. The van der Waals surface area contributed by atoms with E-state index in [2.05, 4.69) is 4.98 Å². The first-order valence-electron chi connectivity index (χ1n) is 4.07. The maximum Gasteiger partial charge on any atom is 0.149 e. The molecular formula is C10H7F2NO. The van der Waals surface area contributed by atoms with Gasteiger partial charge in [0.2, 0.25) is 0 Å². The Labute approximate surface area is 78.8 Å². The largest absolute Gasteiger partial charge is 0.390 e. The number of nitrogens with zero attached hydrogens (tertiary/aromatic N) is 1. The maximum atomic E-state index is 13.2. The molecule has 0 saturated heterocycles. The van der Waals surface area contributed by atoms with Gasteiger partial charge < -0.3 is 5.11 Å². The molecule has 0 bridgehead atoms. The number of fused-ring (bicyclic) bond motifs is 1. The molecule has 0 aliphatic carbocycles. The van der Waals surface area contributed by atoms with Crippen molar-refractivity contribution in [2.24, 2.45) is 0 Å². The van der Waals surface area contributed by atoms with E-state index in [0.717, 1.165) is 12.1 Å². The zero-order valence-corrected chi connectivity index (χ0v) is 7.17. The van der Waals surface area contributed by atoms with Crippen LogP contribution < -0.4 is 0 Å². The van der Waals surface area contributed by atoms with Crippen LogP contribution in [0, 0.1) is 11.6 Å². The normalized spacial score (nSPS) is 10.8. The van der Waals surface area contributed by atoms with Crippen LogP contribution >= 0.6 is 0 Å². The molecule has 0 radical (unpaired) electrons. The van der Waals surface area contributed by atoms with Gasteiger partial charge in [-0.1, -0.05) is 0 Å².